The number of rotatable bonds is 8. The largest absolute Gasteiger partial charge is 0.508 e. The van der Waals surface area contributed by atoms with Crippen molar-refractivity contribution in [2.45, 2.75) is 13.5 Å². The maximum absolute atomic E-state index is 9.87. The summed E-state index contributed by atoms with van der Waals surface area (Å²) < 4.78 is 5.09. The summed E-state index contributed by atoms with van der Waals surface area (Å²) in [7, 11) is 1.71. The molecule has 5 heteroatoms. The summed E-state index contributed by atoms with van der Waals surface area (Å²) in [5.41, 5.74) is 7.34. The highest BCUT2D eigenvalue weighted by molar-refractivity contribution is 5.96. The fourth-order valence-corrected chi connectivity index (χ4v) is 3.59. The van der Waals surface area contributed by atoms with Crippen LogP contribution in [0.1, 0.15) is 11.1 Å². The number of aromatic hydroxyl groups is 1. The van der Waals surface area contributed by atoms with Crippen LogP contribution in [0.15, 0.2) is 72.9 Å². The molecule has 0 saturated carbocycles. The summed E-state index contributed by atoms with van der Waals surface area (Å²) >= 11 is 0. The molecule has 0 amide bonds. The number of aryl methyl sites for hydroxylation is 1. The lowest BCUT2D eigenvalue weighted by Gasteiger charge is -2.13. The predicted molar refractivity (Wildman–Crippen MR) is 127 cm³/mol. The maximum atomic E-state index is 9.87. The average molecular weight is 414 g/mol. The van der Waals surface area contributed by atoms with Crippen molar-refractivity contribution in [3.05, 3.63) is 84.1 Å². The number of phenolic OH excluding ortho intramolecular Hbond substituents is 1. The van der Waals surface area contributed by atoms with Crippen LogP contribution in [-0.2, 0) is 11.3 Å². The summed E-state index contributed by atoms with van der Waals surface area (Å²) in [6.45, 7) is 4.34. The fraction of sp³-hybridized carbons (Fsp3) is 0.192. The molecule has 3 aromatic carbocycles. The van der Waals surface area contributed by atoms with E-state index in [1.165, 1.54) is 5.56 Å². The highest BCUT2D eigenvalue weighted by Gasteiger charge is 2.08. The zero-order chi connectivity index (χ0) is 21.6. The molecule has 0 saturated heterocycles. The Morgan fingerprint density at radius 2 is 1.81 bits per heavy atom. The first-order chi connectivity index (χ1) is 15.1. The van der Waals surface area contributed by atoms with Crippen molar-refractivity contribution in [2.75, 3.05) is 25.6 Å². The zero-order valence-corrected chi connectivity index (χ0v) is 17.9. The van der Waals surface area contributed by atoms with Gasteiger partial charge in [0.25, 0.3) is 0 Å². The lowest BCUT2D eigenvalue weighted by molar-refractivity contribution is 0.199. The smallest absolute Gasteiger partial charge is 0.117 e. The number of methoxy groups -OCH3 is 1. The number of ether oxygens (including phenoxy) is 1. The van der Waals surface area contributed by atoms with Crippen molar-refractivity contribution in [1.82, 2.24) is 10.3 Å². The van der Waals surface area contributed by atoms with Crippen LogP contribution in [0.4, 0.5) is 11.4 Å². The van der Waals surface area contributed by atoms with Gasteiger partial charge in [-0.15, -0.1) is 0 Å². The molecule has 0 spiro atoms. The Morgan fingerprint density at radius 3 is 2.68 bits per heavy atom. The Bertz CT molecular complexity index is 1190. The predicted octanol–water partition coefficient (Wildman–Crippen LogP) is 5.40. The van der Waals surface area contributed by atoms with Crippen LogP contribution in [0.3, 0.4) is 0 Å². The highest BCUT2D eigenvalue weighted by Crippen LogP contribution is 2.32. The maximum Gasteiger partial charge on any atom is 0.117 e. The molecule has 31 heavy (non-hydrogen) atoms. The van der Waals surface area contributed by atoms with Gasteiger partial charge in [-0.05, 0) is 59.5 Å². The van der Waals surface area contributed by atoms with Crippen molar-refractivity contribution in [1.29, 1.82) is 0 Å². The van der Waals surface area contributed by atoms with Gasteiger partial charge in [-0.25, -0.2) is 0 Å². The molecule has 0 radical (unpaired) electrons. The summed E-state index contributed by atoms with van der Waals surface area (Å²) in [6, 6.07) is 22.2. The van der Waals surface area contributed by atoms with E-state index in [1.54, 1.807) is 25.4 Å². The Morgan fingerprint density at radius 1 is 0.935 bits per heavy atom. The summed E-state index contributed by atoms with van der Waals surface area (Å²) in [5, 5.41) is 17.8. The lowest BCUT2D eigenvalue weighted by atomic mass is 10.0. The number of pyridine rings is 1. The molecule has 3 N–H and O–H groups in total. The van der Waals surface area contributed by atoms with E-state index in [1.807, 2.05) is 19.1 Å². The summed E-state index contributed by atoms with van der Waals surface area (Å²) in [5.74, 6) is 0.239. The van der Waals surface area contributed by atoms with Crippen molar-refractivity contribution in [2.24, 2.45) is 0 Å². The van der Waals surface area contributed by atoms with Crippen LogP contribution in [0.2, 0.25) is 0 Å². The van der Waals surface area contributed by atoms with Gasteiger partial charge in [0.2, 0.25) is 0 Å². The van der Waals surface area contributed by atoms with Crippen molar-refractivity contribution < 1.29 is 9.84 Å². The SMILES string of the molecule is COCCNCc1cccc(-c2ccc3nccc(Nc4cc(O)ccc4C)c3c2)c1. The molecule has 0 aliphatic rings. The monoisotopic (exact) mass is 413 g/mol. The molecular formula is C26H27N3O2. The molecule has 0 aliphatic carbocycles. The first-order valence-electron chi connectivity index (χ1n) is 10.4. The van der Waals surface area contributed by atoms with Gasteiger partial charge in [0.05, 0.1) is 12.1 Å². The van der Waals surface area contributed by atoms with Gasteiger partial charge in [-0.3, -0.25) is 4.98 Å². The van der Waals surface area contributed by atoms with Crippen molar-refractivity contribution in [3.63, 3.8) is 0 Å². The van der Waals surface area contributed by atoms with Crippen molar-refractivity contribution >= 4 is 22.3 Å². The fourth-order valence-electron chi connectivity index (χ4n) is 3.59. The molecule has 0 aliphatic heterocycles. The minimum Gasteiger partial charge on any atom is -0.508 e. The number of hydrogen-bond acceptors (Lipinski definition) is 5. The van der Waals surface area contributed by atoms with Gasteiger partial charge in [-0.1, -0.05) is 30.3 Å². The van der Waals surface area contributed by atoms with Crippen LogP contribution in [-0.4, -0.2) is 30.4 Å². The van der Waals surface area contributed by atoms with Crippen LogP contribution < -0.4 is 10.6 Å². The number of anilines is 2. The number of benzene rings is 3. The summed E-state index contributed by atoms with van der Waals surface area (Å²) in [4.78, 5) is 4.52. The zero-order valence-electron chi connectivity index (χ0n) is 17.9. The van der Waals surface area contributed by atoms with Crippen LogP contribution in [0.5, 0.6) is 5.75 Å². The van der Waals surface area contributed by atoms with E-state index in [2.05, 4.69) is 58.1 Å². The normalized spacial score (nSPS) is 11.0. The van der Waals surface area contributed by atoms with E-state index in [9.17, 15) is 5.11 Å². The first kappa shape index (κ1) is 20.8. The van der Waals surface area contributed by atoms with Crippen LogP contribution >= 0.6 is 0 Å². The Balaban J connectivity index is 1.65. The molecule has 1 heterocycles. The van der Waals surface area contributed by atoms with Gasteiger partial charge >= 0.3 is 0 Å². The average Bonchev–Trinajstić information content (AvgIpc) is 2.79. The number of hydrogen-bond donors (Lipinski definition) is 3. The first-order valence-corrected chi connectivity index (χ1v) is 10.4. The number of phenols is 1. The molecule has 4 aromatic rings. The van der Waals surface area contributed by atoms with Crippen LogP contribution in [0.25, 0.3) is 22.0 Å². The molecule has 1 aromatic heterocycles. The second-order valence-corrected chi connectivity index (χ2v) is 7.58. The molecule has 0 unspecified atom stereocenters. The highest BCUT2D eigenvalue weighted by atomic mass is 16.5. The van der Waals surface area contributed by atoms with Crippen LogP contribution in [0, 0.1) is 6.92 Å². The van der Waals surface area contributed by atoms with E-state index in [0.29, 0.717) is 6.61 Å². The third kappa shape index (κ3) is 5.02. The van der Waals surface area contributed by atoms with E-state index >= 15 is 0 Å². The molecule has 0 fully saturated rings. The number of fused-ring (bicyclic) bond motifs is 1. The summed E-state index contributed by atoms with van der Waals surface area (Å²) in [6.07, 6.45) is 1.80. The van der Waals surface area contributed by atoms with E-state index in [0.717, 1.165) is 52.1 Å². The molecule has 4 rings (SSSR count). The Hall–Kier alpha value is -3.41. The van der Waals surface area contributed by atoms with Gasteiger partial charge in [0.1, 0.15) is 5.75 Å². The number of nitrogens with zero attached hydrogens (tertiary/aromatic N) is 1. The topological polar surface area (TPSA) is 66.4 Å². The minimum absolute atomic E-state index is 0.239. The quantitative estimate of drug-likeness (QED) is 0.338. The second kappa shape index (κ2) is 9.60. The van der Waals surface area contributed by atoms with E-state index in [4.69, 9.17) is 4.74 Å². The number of aromatic nitrogens is 1. The minimum atomic E-state index is 0.239. The third-order valence-corrected chi connectivity index (χ3v) is 5.30. The van der Waals surface area contributed by atoms with E-state index in [-0.39, 0.29) is 5.75 Å². The van der Waals surface area contributed by atoms with Gasteiger partial charge in [-0.2, -0.15) is 0 Å². The number of nitrogens with one attached hydrogen (secondary N) is 2. The molecule has 0 bridgehead atoms. The molecule has 5 nitrogen and oxygen atoms in total. The third-order valence-electron chi connectivity index (χ3n) is 5.30. The Kier molecular flexibility index (Phi) is 6.46. The standard InChI is InChI=1S/C26H27N3O2/c1-18-6-8-22(30)16-26(18)29-25-10-11-28-24-9-7-21(15-23(24)25)20-5-3-4-19(14-20)17-27-12-13-31-2/h3-11,14-16,27,30H,12-13,17H2,1-2H3,(H,28,29). The molecular weight excluding hydrogens is 386 g/mol. The second-order valence-electron chi connectivity index (χ2n) is 7.58. The Labute approximate surface area is 182 Å². The van der Waals surface area contributed by atoms with Gasteiger partial charge < -0.3 is 20.5 Å². The molecule has 0 atom stereocenters. The van der Waals surface area contributed by atoms with Crippen molar-refractivity contribution in [3.8, 4) is 16.9 Å². The molecule has 158 valence electrons. The van der Waals surface area contributed by atoms with Gasteiger partial charge in [0, 0.05) is 49.2 Å². The van der Waals surface area contributed by atoms with E-state index < -0.39 is 0 Å². The van der Waals surface area contributed by atoms with Gasteiger partial charge in [0.15, 0.2) is 0 Å². The lowest BCUT2D eigenvalue weighted by Crippen LogP contribution is -2.18.